The van der Waals surface area contributed by atoms with Crippen LogP contribution in [0.15, 0.2) is 30.3 Å². The zero-order valence-electron chi connectivity index (χ0n) is 11.7. The van der Waals surface area contributed by atoms with Crippen molar-refractivity contribution in [3.05, 3.63) is 35.9 Å². The van der Waals surface area contributed by atoms with Gasteiger partial charge in [-0.05, 0) is 25.3 Å². The predicted octanol–water partition coefficient (Wildman–Crippen LogP) is 3.58. The van der Waals surface area contributed by atoms with Crippen molar-refractivity contribution >= 4 is 5.78 Å². The summed E-state index contributed by atoms with van der Waals surface area (Å²) in [5.74, 6) is 0.829. The lowest BCUT2D eigenvalue weighted by atomic mass is 9.76. The minimum absolute atomic E-state index is 0.314. The first-order chi connectivity index (χ1) is 9.27. The van der Waals surface area contributed by atoms with Crippen LogP contribution >= 0.6 is 0 Å². The van der Waals surface area contributed by atoms with Crippen molar-refractivity contribution in [3.63, 3.8) is 0 Å². The number of Topliss-reactive ketones (excluding diaryl/α,β-unsaturated/α-hetero) is 1. The van der Waals surface area contributed by atoms with Crippen LogP contribution in [0.2, 0.25) is 0 Å². The summed E-state index contributed by atoms with van der Waals surface area (Å²) < 4.78 is 0. The van der Waals surface area contributed by atoms with Gasteiger partial charge in [-0.15, -0.1) is 0 Å². The summed E-state index contributed by atoms with van der Waals surface area (Å²) in [5, 5.41) is 0. The number of carbonyl (C=O) groups excluding carboxylic acids is 1. The number of nitrogens with zero attached hydrogens (tertiary/aromatic N) is 1. The third kappa shape index (κ3) is 2.46. The number of ketones is 1. The van der Waals surface area contributed by atoms with E-state index in [2.05, 4.69) is 42.2 Å². The molecule has 2 heteroatoms. The van der Waals surface area contributed by atoms with Crippen LogP contribution < -0.4 is 0 Å². The molecule has 1 saturated carbocycles. The van der Waals surface area contributed by atoms with Gasteiger partial charge < -0.3 is 0 Å². The Balaban J connectivity index is 1.81. The minimum Gasteiger partial charge on any atom is -0.299 e. The van der Waals surface area contributed by atoms with Gasteiger partial charge in [0.05, 0.1) is 0 Å². The summed E-state index contributed by atoms with van der Waals surface area (Å²) in [6.45, 7) is 3.23. The van der Waals surface area contributed by atoms with Crippen molar-refractivity contribution in [2.45, 2.75) is 51.1 Å². The number of fused-ring (bicyclic) bond motifs is 1. The average Bonchev–Trinajstić information content (AvgIpc) is 2.48. The Labute approximate surface area is 115 Å². The normalized spacial score (nSPS) is 29.8. The molecule has 0 bridgehead atoms. The lowest BCUT2D eigenvalue weighted by Gasteiger charge is -2.46. The monoisotopic (exact) mass is 257 g/mol. The van der Waals surface area contributed by atoms with Crippen LogP contribution in [0.25, 0.3) is 0 Å². The first kappa shape index (κ1) is 12.9. The quantitative estimate of drug-likeness (QED) is 0.807. The molecule has 0 aromatic heterocycles. The highest BCUT2D eigenvalue weighted by molar-refractivity contribution is 5.82. The molecule has 3 rings (SSSR count). The van der Waals surface area contributed by atoms with Gasteiger partial charge in [0.2, 0.25) is 0 Å². The fourth-order valence-corrected chi connectivity index (χ4v) is 3.88. The molecular formula is C17H23NO. The van der Waals surface area contributed by atoms with Crippen molar-refractivity contribution in [1.82, 2.24) is 4.90 Å². The van der Waals surface area contributed by atoms with E-state index >= 15 is 0 Å². The van der Waals surface area contributed by atoms with E-state index in [9.17, 15) is 4.79 Å². The van der Waals surface area contributed by atoms with Crippen LogP contribution in [0.3, 0.4) is 0 Å². The van der Waals surface area contributed by atoms with Crippen molar-refractivity contribution in [3.8, 4) is 0 Å². The van der Waals surface area contributed by atoms with Crippen LogP contribution in [0.1, 0.15) is 50.6 Å². The predicted molar refractivity (Wildman–Crippen MR) is 76.9 cm³/mol. The first-order valence-corrected chi connectivity index (χ1v) is 7.61. The van der Waals surface area contributed by atoms with E-state index in [1.807, 2.05) is 0 Å². The second kappa shape index (κ2) is 5.46. The molecule has 2 fully saturated rings. The molecule has 0 spiro atoms. The van der Waals surface area contributed by atoms with Crippen LogP contribution in [0, 0.1) is 5.92 Å². The molecule has 2 aliphatic rings. The van der Waals surface area contributed by atoms with Crippen LogP contribution in [0.4, 0.5) is 0 Å². The average molecular weight is 257 g/mol. The van der Waals surface area contributed by atoms with Gasteiger partial charge in [-0.1, -0.05) is 43.2 Å². The topological polar surface area (TPSA) is 20.3 Å². The third-order valence-corrected chi connectivity index (χ3v) is 4.96. The van der Waals surface area contributed by atoms with Crippen LogP contribution in [0.5, 0.6) is 0 Å². The maximum atomic E-state index is 12.1. The molecule has 2 nitrogen and oxygen atoms in total. The van der Waals surface area contributed by atoms with Gasteiger partial charge in [-0.25, -0.2) is 0 Å². The summed E-state index contributed by atoms with van der Waals surface area (Å²) in [4.78, 5) is 14.7. The van der Waals surface area contributed by atoms with E-state index in [1.165, 1.54) is 24.8 Å². The molecule has 1 aromatic carbocycles. The molecule has 0 radical (unpaired) electrons. The number of hydrogen-bond donors (Lipinski definition) is 0. The molecule has 1 aliphatic carbocycles. The minimum atomic E-state index is 0.314. The molecule has 0 N–H and O–H groups in total. The largest absolute Gasteiger partial charge is 0.299 e. The first-order valence-electron chi connectivity index (χ1n) is 7.61. The highest BCUT2D eigenvalue weighted by Crippen LogP contribution is 2.37. The van der Waals surface area contributed by atoms with Crippen molar-refractivity contribution < 1.29 is 4.79 Å². The van der Waals surface area contributed by atoms with Gasteiger partial charge in [0, 0.05) is 31.0 Å². The second-order valence-corrected chi connectivity index (χ2v) is 6.00. The Bertz CT molecular complexity index is 442. The number of rotatable bonds is 2. The zero-order chi connectivity index (χ0) is 13.2. The van der Waals surface area contributed by atoms with Gasteiger partial charge >= 0.3 is 0 Å². The van der Waals surface area contributed by atoms with E-state index < -0.39 is 0 Å². The molecule has 102 valence electrons. The van der Waals surface area contributed by atoms with E-state index in [-0.39, 0.29) is 0 Å². The summed E-state index contributed by atoms with van der Waals surface area (Å²) in [6.07, 6.45) is 5.58. The molecule has 1 aromatic rings. The third-order valence-electron chi connectivity index (χ3n) is 4.96. The molecule has 0 amide bonds. The van der Waals surface area contributed by atoms with Gasteiger partial charge in [0.15, 0.2) is 0 Å². The van der Waals surface area contributed by atoms with Crippen LogP contribution in [-0.4, -0.2) is 23.3 Å². The molecular weight excluding hydrogens is 234 g/mol. The van der Waals surface area contributed by atoms with Gasteiger partial charge in [0.1, 0.15) is 5.78 Å². The Hall–Kier alpha value is -1.15. The van der Waals surface area contributed by atoms with E-state index in [1.54, 1.807) is 0 Å². The number of carbonyl (C=O) groups is 1. The Morgan fingerprint density at radius 2 is 1.89 bits per heavy atom. The highest BCUT2D eigenvalue weighted by atomic mass is 16.1. The SMILES string of the molecule is C[C@@H](c1ccccc1)N1CCC(=O)C2CCCCC21. The maximum Gasteiger partial charge on any atom is 0.138 e. The summed E-state index contributed by atoms with van der Waals surface area (Å²) in [7, 11) is 0. The molecule has 1 aliphatic heterocycles. The van der Waals surface area contributed by atoms with Crippen molar-refractivity contribution in [2.24, 2.45) is 5.92 Å². The fourth-order valence-electron chi connectivity index (χ4n) is 3.88. The van der Waals surface area contributed by atoms with E-state index in [4.69, 9.17) is 0 Å². The smallest absolute Gasteiger partial charge is 0.138 e. The number of benzene rings is 1. The molecule has 2 unspecified atom stereocenters. The molecule has 1 heterocycles. The van der Waals surface area contributed by atoms with Gasteiger partial charge in [-0.3, -0.25) is 9.69 Å². The van der Waals surface area contributed by atoms with E-state index in [0.717, 1.165) is 19.4 Å². The molecule has 1 saturated heterocycles. The van der Waals surface area contributed by atoms with Gasteiger partial charge in [-0.2, -0.15) is 0 Å². The fraction of sp³-hybridized carbons (Fsp3) is 0.588. The maximum absolute atomic E-state index is 12.1. The lowest BCUT2D eigenvalue weighted by Crippen LogP contribution is -2.51. The van der Waals surface area contributed by atoms with E-state index in [0.29, 0.717) is 23.8 Å². The number of piperidine rings is 1. The Morgan fingerprint density at radius 1 is 1.16 bits per heavy atom. The van der Waals surface area contributed by atoms with Crippen LogP contribution in [-0.2, 0) is 4.79 Å². The lowest BCUT2D eigenvalue weighted by molar-refractivity contribution is -0.131. The summed E-state index contributed by atoms with van der Waals surface area (Å²) in [6, 6.07) is 11.6. The van der Waals surface area contributed by atoms with Crippen molar-refractivity contribution in [2.75, 3.05) is 6.54 Å². The second-order valence-electron chi connectivity index (χ2n) is 6.00. The summed E-state index contributed by atoms with van der Waals surface area (Å²) >= 11 is 0. The number of likely N-dealkylation sites (tertiary alicyclic amines) is 1. The highest BCUT2D eigenvalue weighted by Gasteiger charge is 2.40. The Morgan fingerprint density at radius 3 is 2.68 bits per heavy atom. The standard InChI is InChI=1S/C17H23NO/c1-13(14-7-3-2-4-8-14)18-12-11-17(19)15-9-5-6-10-16(15)18/h2-4,7-8,13,15-16H,5-6,9-12H2,1H3/t13-,15?,16?/m0/s1. The molecule has 3 atom stereocenters. The van der Waals surface area contributed by atoms with Crippen molar-refractivity contribution in [1.29, 1.82) is 0 Å². The summed E-state index contributed by atoms with van der Waals surface area (Å²) in [5.41, 5.74) is 1.38. The molecule has 19 heavy (non-hydrogen) atoms. The Kier molecular flexibility index (Phi) is 3.69. The number of hydrogen-bond acceptors (Lipinski definition) is 2. The van der Waals surface area contributed by atoms with Gasteiger partial charge in [0.25, 0.3) is 0 Å². The zero-order valence-corrected chi connectivity index (χ0v) is 11.7.